The summed E-state index contributed by atoms with van der Waals surface area (Å²) in [6.07, 6.45) is 2.23. The molecular formula is C18H31IN4O3S. The van der Waals surface area contributed by atoms with E-state index < -0.39 is 10.0 Å². The van der Waals surface area contributed by atoms with Crippen LogP contribution in [-0.4, -0.2) is 64.9 Å². The number of guanidine groups is 1. The molecular weight excluding hydrogens is 479 g/mol. The van der Waals surface area contributed by atoms with Crippen molar-refractivity contribution in [2.24, 2.45) is 10.9 Å². The second-order valence-electron chi connectivity index (χ2n) is 6.50. The van der Waals surface area contributed by atoms with Gasteiger partial charge in [-0.25, -0.2) is 13.1 Å². The number of nitrogens with zero attached hydrogens (tertiary/aromatic N) is 2. The first-order valence-corrected chi connectivity index (χ1v) is 11.0. The van der Waals surface area contributed by atoms with Crippen molar-refractivity contribution >= 4 is 40.0 Å². The van der Waals surface area contributed by atoms with Crippen LogP contribution in [0.3, 0.4) is 0 Å². The van der Waals surface area contributed by atoms with Gasteiger partial charge in [0.05, 0.1) is 26.0 Å². The van der Waals surface area contributed by atoms with E-state index in [0.717, 1.165) is 44.9 Å². The maximum atomic E-state index is 11.1. The Bertz CT molecular complexity index is 670. The molecule has 1 saturated heterocycles. The number of sulfonamides is 1. The Hall–Kier alpha value is -0.910. The minimum atomic E-state index is -3.17. The molecule has 2 N–H and O–H groups in total. The third-order valence-electron chi connectivity index (χ3n) is 4.12. The van der Waals surface area contributed by atoms with Crippen LogP contribution in [0.5, 0.6) is 0 Å². The van der Waals surface area contributed by atoms with Gasteiger partial charge in [-0.1, -0.05) is 30.3 Å². The molecule has 0 radical (unpaired) electrons. The highest BCUT2D eigenvalue weighted by Gasteiger charge is 2.24. The normalized spacial score (nSPS) is 17.6. The minimum absolute atomic E-state index is 0. The van der Waals surface area contributed by atoms with Gasteiger partial charge in [-0.15, -0.1) is 24.0 Å². The maximum Gasteiger partial charge on any atom is 0.208 e. The Balaban J connectivity index is 0.00000364. The summed E-state index contributed by atoms with van der Waals surface area (Å²) in [6.45, 7) is 6.75. The van der Waals surface area contributed by atoms with Crippen LogP contribution in [0.15, 0.2) is 35.3 Å². The smallest absolute Gasteiger partial charge is 0.208 e. The molecule has 27 heavy (non-hydrogen) atoms. The third kappa shape index (κ3) is 9.72. The predicted molar refractivity (Wildman–Crippen MR) is 120 cm³/mol. The highest BCUT2D eigenvalue weighted by molar-refractivity contribution is 14.0. The van der Waals surface area contributed by atoms with E-state index in [2.05, 4.69) is 32.1 Å². The zero-order valence-electron chi connectivity index (χ0n) is 16.1. The highest BCUT2D eigenvalue weighted by atomic mass is 127. The van der Waals surface area contributed by atoms with E-state index in [1.54, 1.807) is 0 Å². The summed E-state index contributed by atoms with van der Waals surface area (Å²) in [5.41, 5.74) is 1.19. The lowest BCUT2D eigenvalue weighted by atomic mass is 10.1. The van der Waals surface area contributed by atoms with Gasteiger partial charge in [0.25, 0.3) is 0 Å². The van der Waals surface area contributed by atoms with Gasteiger partial charge < -0.3 is 15.0 Å². The SMILES string of the molecule is CCNC(=NCCNS(C)(=O)=O)N1CCC(COCc2ccccc2)C1.I. The van der Waals surface area contributed by atoms with Gasteiger partial charge in [0.15, 0.2) is 5.96 Å². The second-order valence-corrected chi connectivity index (χ2v) is 8.34. The van der Waals surface area contributed by atoms with E-state index in [9.17, 15) is 8.42 Å². The summed E-state index contributed by atoms with van der Waals surface area (Å²) < 4.78 is 30.5. The minimum Gasteiger partial charge on any atom is -0.376 e. The van der Waals surface area contributed by atoms with Gasteiger partial charge in [0.1, 0.15) is 0 Å². The molecule has 1 atom stereocenters. The van der Waals surface area contributed by atoms with E-state index in [-0.39, 0.29) is 24.0 Å². The molecule has 1 heterocycles. The molecule has 154 valence electrons. The Labute approximate surface area is 180 Å². The molecule has 1 aliphatic rings. The van der Waals surface area contributed by atoms with Crippen molar-refractivity contribution in [1.82, 2.24) is 14.9 Å². The molecule has 0 spiro atoms. The molecule has 1 aromatic carbocycles. The first-order valence-electron chi connectivity index (χ1n) is 9.07. The molecule has 0 aromatic heterocycles. The Morgan fingerprint density at radius 1 is 1.33 bits per heavy atom. The van der Waals surface area contributed by atoms with E-state index >= 15 is 0 Å². The number of nitrogens with one attached hydrogen (secondary N) is 2. The number of likely N-dealkylation sites (tertiary alicyclic amines) is 1. The summed E-state index contributed by atoms with van der Waals surface area (Å²) in [7, 11) is -3.17. The molecule has 1 aromatic rings. The molecule has 0 bridgehead atoms. The van der Waals surface area contributed by atoms with Crippen LogP contribution in [0.2, 0.25) is 0 Å². The van der Waals surface area contributed by atoms with Crippen LogP contribution in [0.4, 0.5) is 0 Å². The standard InChI is InChI=1S/C18H30N4O3S.HI/c1-3-19-18(20-10-11-21-26(2,23)24)22-12-9-17(13-22)15-25-14-16-7-5-4-6-8-16;/h4-8,17,21H,3,9-15H2,1-2H3,(H,19,20);1H. The first-order chi connectivity index (χ1) is 12.5. The van der Waals surface area contributed by atoms with Crippen LogP contribution in [0.25, 0.3) is 0 Å². The third-order valence-corrected chi connectivity index (χ3v) is 4.85. The van der Waals surface area contributed by atoms with Gasteiger partial charge in [-0.3, -0.25) is 4.99 Å². The molecule has 0 saturated carbocycles. The Kier molecular flexibility index (Phi) is 11.2. The summed E-state index contributed by atoms with van der Waals surface area (Å²) in [6, 6.07) is 10.2. The van der Waals surface area contributed by atoms with E-state index in [0.29, 0.717) is 25.6 Å². The van der Waals surface area contributed by atoms with Gasteiger partial charge in [0.2, 0.25) is 10.0 Å². The zero-order chi connectivity index (χ0) is 18.8. The van der Waals surface area contributed by atoms with Gasteiger partial charge in [-0.2, -0.15) is 0 Å². The van der Waals surface area contributed by atoms with E-state index in [1.165, 1.54) is 5.56 Å². The van der Waals surface area contributed by atoms with Gasteiger partial charge in [-0.05, 0) is 18.9 Å². The largest absolute Gasteiger partial charge is 0.376 e. The summed E-state index contributed by atoms with van der Waals surface area (Å²) in [4.78, 5) is 6.75. The first kappa shape index (κ1) is 24.1. The van der Waals surface area contributed by atoms with Crippen molar-refractivity contribution in [1.29, 1.82) is 0 Å². The van der Waals surface area contributed by atoms with Crippen LogP contribution in [0, 0.1) is 5.92 Å². The lowest BCUT2D eigenvalue weighted by Crippen LogP contribution is -2.40. The molecule has 2 rings (SSSR count). The average Bonchev–Trinajstić information content (AvgIpc) is 3.06. The topological polar surface area (TPSA) is 83.0 Å². The van der Waals surface area contributed by atoms with Crippen molar-refractivity contribution < 1.29 is 13.2 Å². The van der Waals surface area contributed by atoms with E-state index in [4.69, 9.17) is 4.74 Å². The number of benzene rings is 1. The molecule has 1 aliphatic heterocycles. The van der Waals surface area contributed by atoms with Crippen LogP contribution < -0.4 is 10.0 Å². The molecule has 1 fully saturated rings. The van der Waals surface area contributed by atoms with Crippen LogP contribution >= 0.6 is 24.0 Å². The van der Waals surface area contributed by atoms with Crippen molar-refractivity contribution in [2.75, 3.05) is 45.6 Å². The number of hydrogen-bond acceptors (Lipinski definition) is 4. The molecule has 7 nitrogen and oxygen atoms in total. The number of rotatable bonds is 9. The van der Waals surface area contributed by atoms with Crippen LogP contribution in [-0.2, 0) is 21.4 Å². The summed E-state index contributed by atoms with van der Waals surface area (Å²) in [5.74, 6) is 1.32. The fourth-order valence-corrected chi connectivity index (χ4v) is 3.36. The number of ether oxygens (including phenoxy) is 1. The zero-order valence-corrected chi connectivity index (χ0v) is 19.2. The quantitative estimate of drug-likeness (QED) is 0.229. The monoisotopic (exact) mass is 510 g/mol. The number of hydrogen-bond donors (Lipinski definition) is 2. The molecule has 9 heteroatoms. The Morgan fingerprint density at radius 2 is 2.07 bits per heavy atom. The van der Waals surface area contributed by atoms with Gasteiger partial charge >= 0.3 is 0 Å². The highest BCUT2D eigenvalue weighted by Crippen LogP contribution is 2.17. The Morgan fingerprint density at radius 3 is 2.74 bits per heavy atom. The lowest BCUT2D eigenvalue weighted by Gasteiger charge is -2.21. The van der Waals surface area contributed by atoms with E-state index in [1.807, 2.05) is 25.1 Å². The maximum absolute atomic E-state index is 11.1. The predicted octanol–water partition coefficient (Wildman–Crippen LogP) is 1.66. The average molecular weight is 510 g/mol. The van der Waals surface area contributed by atoms with Crippen molar-refractivity contribution in [3.05, 3.63) is 35.9 Å². The fourth-order valence-electron chi connectivity index (χ4n) is 2.90. The summed E-state index contributed by atoms with van der Waals surface area (Å²) >= 11 is 0. The molecule has 0 amide bonds. The number of halogens is 1. The number of aliphatic imine (C=N–C) groups is 1. The fraction of sp³-hybridized carbons (Fsp3) is 0.611. The molecule has 0 aliphatic carbocycles. The van der Waals surface area contributed by atoms with Crippen LogP contribution in [0.1, 0.15) is 18.9 Å². The van der Waals surface area contributed by atoms with Crippen molar-refractivity contribution in [3.63, 3.8) is 0 Å². The lowest BCUT2D eigenvalue weighted by molar-refractivity contribution is 0.0907. The summed E-state index contributed by atoms with van der Waals surface area (Å²) in [5, 5.41) is 3.28. The van der Waals surface area contributed by atoms with Gasteiger partial charge in [0, 0.05) is 32.1 Å². The van der Waals surface area contributed by atoms with Crippen molar-refractivity contribution in [2.45, 2.75) is 20.0 Å². The molecule has 1 unspecified atom stereocenters. The van der Waals surface area contributed by atoms with Crippen molar-refractivity contribution in [3.8, 4) is 0 Å². The second kappa shape index (κ2) is 12.5.